The lowest BCUT2D eigenvalue weighted by Gasteiger charge is -2.11. The van der Waals surface area contributed by atoms with Crippen molar-refractivity contribution in [1.82, 2.24) is 9.97 Å². The highest BCUT2D eigenvalue weighted by Gasteiger charge is 2.14. The molecule has 0 bridgehead atoms. The standard InChI is InChI=1S/C44H28N2O/c1-2-9-29(10-3-1)30-17-21-33(22-18-30)40-28-41(34-23-19-32(20-24-34)37-15-8-12-31-11-4-5-13-36(31)37)46-44(45-40)35-25-26-39-38-14-6-7-16-42(38)47-43(39)27-35/h1-28H. The zero-order valence-electron chi connectivity index (χ0n) is 25.5. The van der Waals surface area contributed by atoms with Gasteiger partial charge in [0.25, 0.3) is 0 Å². The van der Waals surface area contributed by atoms with E-state index in [1.54, 1.807) is 0 Å². The molecule has 0 aliphatic heterocycles. The van der Waals surface area contributed by atoms with Crippen LogP contribution in [0.2, 0.25) is 0 Å². The Morgan fingerprint density at radius 2 is 0.894 bits per heavy atom. The van der Waals surface area contributed by atoms with Crippen LogP contribution in [-0.2, 0) is 0 Å². The summed E-state index contributed by atoms with van der Waals surface area (Å²) in [5, 5.41) is 4.67. The van der Waals surface area contributed by atoms with Gasteiger partial charge in [-0.2, -0.15) is 0 Å². The smallest absolute Gasteiger partial charge is 0.160 e. The van der Waals surface area contributed by atoms with Crippen LogP contribution in [0.4, 0.5) is 0 Å². The maximum absolute atomic E-state index is 6.23. The molecule has 0 radical (unpaired) electrons. The largest absolute Gasteiger partial charge is 0.456 e. The van der Waals surface area contributed by atoms with Crippen LogP contribution in [-0.4, -0.2) is 9.97 Å². The maximum Gasteiger partial charge on any atom is 0.160 e. The van der Waals surface area contributed by atoms with E-state index < -0.39 is 0 Å². The third-order valence-electron chi connectivity index (χ3n) is 8.93. The van der Waals surface area contributed by atoms with Crippen LogP contribution in [0.15, 0.2) is 174 Å². The van der Waals surface area contributed by atoms with Crippen LogP contribution in [0, 0.1) is 0 Å². The first-order valence-corrected chi connectivity index (χ1v) is 15.8. The molecule has 7 aromatic carbocycles. The minimum atomic E-state index is 0.658. The van der Waals surface area contributed by atoms with Gasteiger partial charge in [-0.05, 0) is 57.3 Å². The summed E-state index contributed by atoms with van der Waals surface area (Å²) in [6.45, 7) is 0. The predicted molar refractivity (Wildman–Crippen MR) is 194 cm³/mol. The Labute approximate surface area is 272 Å². The molecular formula is C44H28N2O. The van der Waals surface area contributed by atoms with Gasteiger partial charge in [0, 0.05) is 27.5 Å². The van der Waals surface area contributed by atoms with Gasteiger partial charge in [0.2, 0.25) is 0 Å². The Bertz CT molecular complexity index is 2540. The van der Waals surface area contributed by atoms with E-state index in [2.05, 4.69) is 146 Å². The van der Waals surface area contributed by atoms with Crippen molar-refractivity contribution < 1.29 is 4.42 Å². The van der Waals surface area contributed by atoms with E-state index in [0.717, 1.165) is 50.0 Å². The fraction of sp³-hybridized carbons (Fsp3) is 0. The summed E-state index contributed by atoms with van der Waals surface area (Å²) in [5.41, 5.74) is 11.2. The Kier molecular flexibility index (Phi) is 6.46. The van der Waals surface area contributed by atoms with Crippen molar-refractivity contribution in [2.45, 2.75) is 0 Å². The lowest BCUT2D eigenvalue weighted by Crippen LogP contribution is -1.96. The molecule has 0 saturated heterocycles. The molecule has 0 amide bonds. The monoisotopic (exact) mass is 600 g/mol. The van der Waals surface area contributed by atoms with Crippen molar-refractivity contribution >= 4 is 32.7 Å². The average Bonchev–Trinajstić information content (AvgIpc) is 3.53. The molecule has 0 spiro atoms. The molecule has 0 fully saturated rings. The molecule has 0 unspecified atom stereocenters. The minimum absolute atomic E-state index is 0.658. The Morgan fingerprint density at radius 1 is 0.340 bits per heavy atom. The number of hydrogen-bond donors (Lipinski definition) is 0. The van der Waals surface area contributed by atoms with Crippen LogP contribution in [0.3, 0.4) is 0 Å². The normalized spacial score (nSPS) is 11.4. The number of nitrogens with zero attached hydrogens (tertiary/aromatic N) is 2. The van der Waals surface area contributed by atoms with Crippen LogP contribution >= 0.6 is 0 Å². The molecule has 2 aromatic heterocycles. The topological polar surface area (TPSA) is 38.9 Å². The summed E-state index contributed by atoms with van der Waals surface area (Å²) < 4.78 is 6.23. The van der Waals surface area contributed by atoms with Crippen molar-refractivity contribution in [3.8, 4) is 56.2 Å². The number of aromatic nitrogens is 2. The molecule has 2 heterocycles. The van der Waals surface area contributed by atoms with Crippen LogP contribution in [0.5, 0.6) is 0 Å². The highest BCUT2D eigenvalue weighted by atomic mass is 16.3. The summed E-state index contributed by atoms with van der Waals surface area (Å²) in [7, 11) is 0. The van der Waals surface area contributed by atoms with Gasteiger partial charge in [0.1, 0.15) is 11.2 Å². The fourth-order valence-corrected chi connectivity index (χ4v) is 6.50. The number of fused-ring (bicyclic) bond motifs is 4. The Balaban J connectivity index is 1.16. The molecular weight excluding hydrogens is 572 g/mol. The van der Waals surface area contributed by atoms with E-state index in [1.807, 2.05) is 24.3 Å². The van der Waals surface area contributed by atoms with E-state index in [1.165, 1.54) is 33.0 Å². The number of para-hydroxylation sites is 1. The zero-order chi connectivity index (χ0) is 31.2. The minimum Gasteiger partial charge on any atom is -0.456 e. The second-order valence-electron chi connectivity index (χ2n) is 11.8. The fourth-order valence-electron chi connectivity index (χ4n) is 6.50. The molecule has 0 aliphatic rings. The number of rotatable bonds is 5. The van der Waals surface area contributed by atoms with Crippen molar-refractivity contribution in [3.63, 3.8) is 0 Å². The molecule has 9 aromatic rings. The molecule has 3 nitrogen and oxygen atoms in total. The first-order valence-electron chi connectivity index (χ1n) is 15.8. The Morgan fingerprint density at radius 3 is 1.66 bits per heavy atom. The molecule has 220 valence electrons. The molecule has 0 N–H and O–H groups in total. The summed E-state index contributed by atoms with van der Waals surface area (Å²) in [6, 6.07) is 59.2. The zero-order valence-corrected chi connectivity index (χ0v) is 25.5. The molecule has 0 atom stereocenters. The first-order chi connectivity index (χ1) is 23.3. The SMILES string of the molecule is c1ccc(-c2ccc(-c3cc(-c4ccc(-c5cccc6ccccc56)cc4)nc(-c4ccc5c(c4)oc4ccccc45)n3)cc2)cc1. The van der Waals surface area contributed by atoms with E-state index in [-0.39, 0.29) is 0 Å². The van der Waals surface area contributed by atoms with E-state index in [9.17, 15) is 0 Å². The van der Waals surface area contributed by atoms with Crippen molar-refractivity contribution in [2.75, 3.05) is 0 Å². The van der Waals surface area contributed by atoms with E-state index >= 15 is 0 Å². The molecule has 0 aliphatic carbocycles. The van der Waals surface area contributed by atoms with Gasteiger partial charge in [-0.1, -0.05) is 146 Å². The number of benzene rings is 7. The second-order valence-corrected chi connectivity index (χ2v) is 11.8. The Hall–Kier alpha value is -6.32. The summed E-state index contributed by atoms with van der Waals surface area (Å²) >= 11 is 0. The van der Waals surface area contributed by atoms with Crippen LogP contribution in [0.1, 0.15) is 0 Å². The molecule has 47 heavy (non-hydrogen) atoms. The lowest BCUT2D eigenvalue weighted by molar-refractivity contribution is 0.669. The van der Waals surface area contributed by atoms with Gasteiger partial charge in [0.15, 0.2) is 5.82 Å². The van der Waals surface area contributed by atoms with E-state index in [0.29, 0.717) is 5.82 Å². The second kappa shape index (κ2) is 11.2. The van der Waals surface area contributed by atoms with Crippen molar-refractivity contribution in [1.29, 1.82) is 0 Å². The average molecular weight is 601 g/mol. The predicted octanol–water partition coefficient (Wildman–Crippen LogP) is 11.9. The number of hydrogen-bond acceptors (Lipinski definition) is 3. The van der Waals surface area contributed by atoms with Crippen LogP contribution in [0.25, 0.3) is 88.9 Å². The van der Waals surface area contributed by atoms with Gasteiger partial charge in [-0.25, -0.2) is 9.97 Å². The van der Waals surface area contributed by atoms with Crippen LogP contribution < -0.4 is 0 Å². The third-order valence-corrected chi connectivity index (χ3v) is 8.93. The van der Waals surface area contributed by atoms with Gasteiger partial charge >= 0.3 is 0 Å². The highest BCUT2D eigenvalue weighted by molar-refractivity contribution is 6.05. The van der Waals surface area contributed by atoms with Crippen molar-refractivity contribution in [3.05, 3.63) is 170 Å². The lowest BCUT2D eigenvalue weighted by atomic mass is 9.97. The van der Waals surface area contributed by atoms with Gasteiger partial charge in [0.05, 0.1) is 11.4 Å². The maximum atomic E-state index is 6.23. The summed E-state index contributed by atoms with van der Waals surface area (Å²) in [5.74, 6) is 0.658. The molecule has 0 saturated carbocycles. The number of furan rings is 1. The molecule has 9 rings (SSSR count). The van der Waals surface area contributed by atoms with Gasteiger partial charge in [-0.15, -0.1) is 0 Å². The summed E-state index contributed by atoms with van der Waals surface area (Å²) in [4.78, 5) is 10.2. The summed E-state index contributed by atoms with van der Waals surface area (Å²) in [6.07, 6.45) is 0. The highest BCUT2D eigenvalue weighted by Crippen LogP contribution is 2.35. The van der Waals surface area contributed by atoms with Crippen molar-refractivity contribution in [2.24, 2.45) is 0 Å². The quantitative estimate of drug-likeness (QED) is 0.197. The van der Waals surface area contributed by atoms with Gasteiger partial charge < -0.3 is 4.42 Å². The molecule has 3 heteroatoms. The third kappa shape index (κ3) is 4.95. The first kappa shape index (κ1) is 27.0. The van der Waals surface area contributed by atoms with Gasteiger partial charge in [-0.3, -0.25) is 0 Å². The van der Waals surface area contributed by atoms with E-state index in [4.69, 9.17) is 14.4 Å².